The van der Waals surface area contributed by atoms with Crippen LogP contribution in [0.1, 0.15) is 15.9 Å². The summed E-state index contributed by atoms with van der Waals surface area (Å²) >= 11 is 11.0. The molecule has 0 aliphatic rings. The number of nitrogens with one attached hydrogen (secondary N) is 1. The van der Waals surface area contributed by atoms with Gasteiger partial charge in [0.15, 0.2) is 0 Å². The summed E-state index contributed by atoms with van der Waals surface area (Å²) in [5.74, 6) is -0.163. The van der Waals surface area contributed by atoms with E-state index in [1.807, 2.05) is 37.3 Å². The molecule has 0 unspecified atom stereocenters. The molecule has 19 heavy (non-hydrogen) atoms. The third-order valence-electron chi connectivity index (χ3n) is 2.64. The first-order chi connectivity index (χ1) is 8.97. The van der Waals surface area contributed by atoms with Gasteiger partial charge in [-0.15, -0.1) is 12.6 Å². The van der Waals surface area contributed by atoms with E-state index in [9.17, 15) is 4.79 Å². The Labute approximate surface area is 134 Å². The van der Waals surface area contributed by atoms with Gasteiger partial charge in [0, 0.05) is 19.5 Å². The number of aryl methyl sites for hydroxylation is 1. The average molecular weight is 401 g/mol. The number of hydrogen-bond donors (Lipinski definition) is 2. The lowest BCUT2D eigenvalue weighted by atomic mass is 10.1. The number of benzene rings is 2. The molecular formula is C14H11Br2NOS. The third-order valence-corrected chi connectivity index (χ3v) is 4.11. The summed E-state index contributed by atoms with van der Waals surface area (Å²) in [7, 11) is 0. The molecule has 1 amide bonds. The van der Waals surface area contributed by atoms with Gasteiger partial charge in [0.2, 0.25) is 0 Å². The fourth-order valence-corrected chi connectivity index (χ4v) is 2.60. The van der Waals surface area contributed by atoms with Crippen LogP contribution in [0.25, 0.3) is 0 Å². The smallest absolute Gasteiger partial charge is 0.256 e. The summed E-state index contributed by atoms with van der Waals surface area (Å²) in [5.41, 5.74) is 2.36. The lowest BCUT2D eigenvalue weighted by Gasteiger charge is -2.10. The molecule has 2 rings (SSSR count). The molecule has 2 aromatic rings. The fraction of sp³-hybridized carbons (Fsp3) is 0.0714. The Hall–Kier alpha value is -0.780. The third kappa shape index (κ3) is 3.61. The Morgan fingerprint density at radius 1 is 1.16 bits per heavy atom. The molecular weight excluding hydrogens is 390 g/mol. The van der Waals surface area contributed by atoms with Gasteiger partial charge in [-0.05, 0) is 58.7 Å². The molecule has 0 radical (unpaired) electrons. The maximum absolute atomic E-state index is 12.3. The van der Waals surface area contributed by atoms with E-state index in [0.29, 0.717) is 5.56 Å². The molecule has 0 aliphatic heterocycles. The number of thiol groups is 1. The van der Waals surface area contributed by atoms with Crippen LogP contribution in [0, 0.1) is 6.92 Å². The largest absolute Gasteiger partial charge is 0.322 e. The van der Waals surface area contributed by atoms with Crippen LogP contribution >= 0.6 is 44.5 Å². The van der Waals surface area contributed by atoms with Gasteiger partial charge < -0.3 is 5.32 Å². The molecule has 0 aliphatic carbocycles. The number of amides is 1. The van der Waals surface area contributed by atoms with Crippen LogP contribution in [0.4, 0.5) is 5.69 Å². The molecule has 0 fully saturated rings. The van der Waals surface area contributed by atoms with Crippen molar-refractivity contribution in [3.05, 3.63) is 56.5 Å². The van der Waals surface area contributed by atoms with Crippen LogP contribution in [0.5, 0.6) is 0 Å². The highest BCUT2D eigenvalue weighted by molar-refractivity contribution is 9.10. The van der Waals surface area contributed by atoms with Gasteiger partial charge in [-0.25, -0.2) is 0 Å². The standard InChI is InChI=1S/C14H11Br2NOS/c1-8-2-3-9(15)6-13(8)17-14(18)11-7-10(19)4-5-12(11)16/h2-7,19H,1H3,(H,17,18). The molecule has 0 saturated carbocycles. The van der Waals surface area contributed by atoms with Crippen molar-refractivity contribution >= 4 is 56.1 Å². The van der Waals surface area contributed by atoms with Gasteiger partial charge in [0.05, 0.1) is 5.56 Å². The fourth-order valence-electron chi connectivity index (χ4n) is 1.61. The first-order valence-electron chi connectivity index (χ1n) is 5.53. The highest BCUT2D eigenvalue weighted by Gasteiger charge is 2.12. The van der Waals surface area contributed by atoms with Crippen LogP contribution in [-0.4, -0.2) is 5.91 Å². The molecule has 0 heterocycles. The summed E-state index contributed by atoms with van der Waals surface area (Å²) in [6, 6.07) is 11.1. The normalized spacial score (nSPS) is 10.3. The van der Waals surface area contributed by atoms with Gasteiger partial charge >= 0.3 is 0 Å². The number of carbonyl (C=O) groups excluding carboxylic acids is 1. The van der Waals surface area contributed by atoms with Crippen molar-refractivity contribution < 1.29 is 4.79 Å². The number of carbonyl (C=O) groups is 1. The zero-order valence-corrected chi connectivity index (χ0v) is 14.1. The first-order valence-corrected chi connectivity index (χ1v) is 7.56. The number of hydrogen-bond acceptors (Lipinski definition) is 2. The van der Waals surface area contributed by atoms with Crippen molar-refractivity contribution in [2.75, 3.05) is 5.32 Å². The van der Waals surface area contributed by atoms with Gasteiger partial charge in [-0.1, -0.05) is 22.0 Å². The van der Waals surface area contributed by atoms with E-state index in [1.165, 1.54) is 0 Å². The Morgan fingerprint density at radius 3 is 2.63 bits per heavy atom. The molecule has 0 bridgehead atoms. The summed E-state index contributed by atoms with van der Waals surface area (Å²) < 4.78 is 1.67. The van der Waals surface area contributed by atoms with E-state index >= 15 is 0 Å². The second kappa shape index (κ2) is 6.11. The van der Waals surface area contributed by atoms with Gasteiger partial charge in [0.1, 0.15) is 0 Å². The second-order valence-corrected chi connectivity index (χ2v) is 6.36. The van der Waals surface area contributed by atoms with Gasteiger partial charge in [0.25, 0.3) is 5.91 Å². The van der Waals surface area contributed by atoms with Crippen LogP contribution in [-0.2, 0) is 0 Å². The maximum Gasteiger partial charge on any atom is 0.256 e. The Kier molecular flexibility index (Phi) is 4.71. The average Bonchev–Trinajstić information content (AvgIpc) is 2.36. The maximum atomic E-state index is 12.3. The predicted molar refractivity (Wildman–Crippen MR) is 88.2 cm³/mol. The van der Waals surface area contributed by atoms with Crippen LogP contribution < -0.4 is 5.32 Å². The molecule has 0 spiro atoms. The van der Waals surface area contributed by atoms with E-state index in [2.05, 4.69) is 49.8 Å². The topological polar surface area (TPSA) is 29.1 Å². The van der Waals surface area contributed by atoms with Crippen molar-refractivity contribution in [1.29, 1.82) is 0 Å². The minimum absolute atomic E-state index is 0.163. The van der Waals surface area contributed by atoms with Gasteiger partial charge in [-0.2, -0.15) is 0 Å². The quantitative estimate of drug-likeness (QED) is 0.677. The SMILES string of the molecule is Cc1ccc(Br)cc1NC(=O)c1cc(S)ccc1Br. The van der Waals surface area contributed by atoms with Crippen LogP contribution in [0.15, 0.2) is 50.2 Å². The van der Waals surface area contributed by atoms with E-state index in [-0.39, 0.29) is 5.91 Å². The van der Waals surface area contributed by atoms with Crippen LogP contribution in [0.3, 0.4) is 0 Å². The predicted octanol–water partition coefficient (Wildman–Crippen LogP) is 5.06. The highest BCUT2D eigenvalue weighted by Crippen LogP contribution is 2.24. The molecule has 0 aromatic heterocycles. The van der Waals surface area contributed by atoms with Crippen molar-refractivity contribution in [2.24, 2.45) is 0 Å². The Bertz CT molecular complexity index is 643. The molecule has 2 aromatic carbocycles. The van der Waals surface area contributed by atoms with Crippen LogP contribution in [0.2, 0.25) is 0 Å². The molecule has 1 N–H and O–H groups in total. The first kappa shape index (κ1) is 14.6. The molecule has 0 saturated heterocycles. The summed E-state index contributed by atoms with van der Waals surface area (Å²) in [4.78, 5) is 13.0. The summed E-state index contributed by atoms with van der Waals surface area (Å²) in [5, 5.41) is 2.90. The van der Waals surface area contributed by atoms with Crippen molar-refractivity contribution in [2.45, 2.75) is 11.8 Å². The summed E-state index contributed by atoms with van der Waals surface area (Å²) in [6.45, 7) is 1.95. The molecule has 2 nitrogen and oxygen atoms in total. The molecule has 0 atom stereocenters. The Morgan fingerprint density at radius 2 is 1.89 bits per heavy atom. The monoisotopic (exact) mass is 399 g/mol. The van der Waals surface area contributed by atoms with Crippen molar-refractivity contribution in [1.82, 2.24) is 0 Å². The zero-order valence-electron chi connectivity index (χ0n) is 10.1. The summed E-state index contributed by atoms with van der Waals surface area (Å²) in [6.07, 6.45) is 0. The minimum Gasteiger partial charge on any atom is -0.322 e. The van der Waals surface area contributed by atoms with Crippen molar-refractivity contribution in [3.8, 4) is 0 Å². The van der Waals surface area contributed by atoms with E-state index in [4.69, 9.17) is 0 Å². The lowest BCUT2D eigenvalue weighted by molar-refractivity contribution is 0.102. The van der Waals surface area contributed by atoms with E-state index in [1.54, 1.807) is 6.07 Å². The number of halogens is 2. The van der Waals surface area contributed by atoms with E-state index < -0.39 is 0 Å². The van der Waals surface area contributed by atoms with Crippen molar-refractivity contribution in [3.63, 3.8) is 0 Å². The number of rotatable bonds is 2. The minimum atomic E-state index is -0.163. The lowest BCUT2D eigenvalue weighted by Crippen LogP contribution is -2.13. The second-order valence-electron chi connectivity index (χ2n) is 4.08. The number of anilines is 1. The zero-order chi connectivity index (χ0) is 14.0. The molecule has 98 valence electrons. The molecule has 5 heteroatoms. The Balaban J connectivity index is 2.30. The van der Waals surface area contributed by atoms with E-state index in [0.717, 1.165) is 25.1 Å². The van der Waals surface area contributed by atoms with Gasteiger partial charge in [-0.3, -0.25) is 4.79 Å². The highest BCUT2D eigenvalue weighted by atomic mass is 79.9.